The molecule has 0 amide bonds. The molecule has 0 aliphatic carbocycles. The van der Waals surface area contributed by atoms with E-state index >= 15 is 0 Å². The van der Waals surface area contributed by atoms with E-state index in [1.54, 1.807) is 0 Å². The summed E-state index contributed by atoms with van der Waals surface area (Å²) in [4.78, 5) is 2.42. The van der Waals surface area contributed by atoms with E-state index in [0.717, 1.165) is 37.4 Å². The fourth-order valence-corrected chi connectivity index (χ4v) is 2.19. The average Bonchev–Trinajstić information content (AvgIpc) is 2.43. The Labute approximate surface area is 124 Å². The van der Waals surface area contributed by atoms with Gasteiger partial charge in [0, 0.05) is 6.04 Å². The number of benzene rings is 1. The number of nitrogens with zero attached hydrogens (tertiary/aromatic N) is 1. The van der Waals surface area contributed by atoms with Crippen molar-refractivity contribution >= 4 is 5.69 Å². The van der Waals surface area contributed by atoms with E-state index in [4.69, 9.17) is 10.5 Å². The maximum absolute atomic E-state index is 6.06. The van der Waals surface area contributed by atoms with Crippen molar-refractivity contribution < 1.29 is 4.74 Å². The van der Waals surface area contributed by atoms with Gasteiger partial charge in [0.1, 0.15) is 5.75 Å². The third kappa shape index (κ3) is 5.41. The summed E-state index contributed by atoms with van der Waals surface area (Å²) in [6, 6.07) is 6.71. The van der Waals surface area contributed by atoms with Crippen molar-refractivity contribution in [1.82, 2.24) is 4.90 Å². The van der Waals surface area contributed by atoms with E-state index in [0.29, 0.717) is 6.04 Å². The normalized spacial score (nSPS) is 12.7. The van der Waals surface area contributed by atoms with Crippen LogP contribution in [-0.2, 0) is 6.42 Å². The molecule has 0 aliphatic heterocycles. The Morgan fingerprint density at radius 1 is 1.25 bits per heavy atom. The van der Waals surface area contributed by atoms with Gasteiger partial charge in [0.2, 0.25) is 0 Å². The van der Waals surface area contributed by atoms with Gasteiger partial charge in [-0.2, -0.15) is 0 Å². The molecule has 1 unspecified atom stereocenters. The largest absolute Gasteiger partial charge is 0.491 e. The first-order chi connectivity index (χ1) is 9.58. The van der Waals surface area contributed by atoms with E-state index in [2.05, 4.69) is 44.9 Å². The first-order valence-electron chi connectivity index (χ1n) is 7.79. The summed E-state index contributed by atoms with van der Waals surface area (Å²) < 4.78 is 5.61. The van der Waals surface area contributed by atoms with Crippen LogP contribution in [0.25, 0.3) is 0 Å². The molecule has 3 nitrogen and oxygen atoms in total. The first-order valence-corrected chi connectivity index (χ1v) is 7.79. The summed E-state index contributed by atoms with van der Waals surface area (Å²) in [6.45, 7) is 8.48. The summed E-state index contributed by atoms with van der Waals surface area (Å²) in [6.07, 6.45) is 4.53. The molecule has 0 fully saturated rings. The summed E-state index contributed by atoms with van der Waals surface area (Å²) in [7, 11) is 2.20. The van der Waals surface area contributed by atoms with Crippen molar-refractivity contribution in [3.8, 4) is 5.75 Å². The summed E-state index contributed by atoms with van der Waals surface area (Å²) in [5.41, 5.74) is 8.08. The van der Waals surface area contributed by atoms with Crippen molar-refractivity contribution in [3.05, 3.63) is 23.8 Å². The molecule has 0 saturated heterocycles. The number of rotatable bonds is 9. The van der Waals surface area contributed by atoms with Crippen molar-refractivity contribution in [2.24, 2.45) is 0 Å². The number of nitrogen functional groups attached to an aromatic ring is 1. The molecule has 1 atom stereocenters. The van der Waals surface area contributed by atoms with Crippen LogP contribution in [0.5, 0.6) is 5.75 Å². The molecule has 1 aromatic carbocycles. The lowest BCUT2D eigenvalue weighted by atomic mass is 10.0. The summed E-state index contributed by atoms with van der Waals surface area (Å²) >= 11 is 0. The second-order valence-electron chi connectivity index (χ2n) is 5.61. The van der Waals surface area contributed by atoms with Crippen LogP contribution < -0.4 is 10.5 Å². The van der Waals surface area contributed by atoms with E-state index < -0.39 is 0 Å². The molecule has 0 bridgehead atoms. The third-order valence-electron chi connectivity index (χ3n) is 3.68. The Hall–Kier alpha value is -1.22. The second kappa shape index (κ2) is 8.85. The molecule has 0 spiro atoms. The lowest BCUT2D eigenvalue weighted by Crippen LogP contribution is -2.31. The maximum Gasteiger partial charge on any atom is 0.142 e. The number of likely N-dealkylation sites (N-methyl/N-ethyl adjacent to an activating group) is 1. The minimum atomic E-state index is 0.531. The Balaban J connectivity index is 2.57. The average molecular weight is 278 g/mol. The van der Waals surface area contributed by atoms with Gasteiger partial charge in [0.15, 0.2) is 0 Å². The highest BCUT2D eigenvalue weighted by Gasteiger charge is 2.10. The van der Waals surface area contributed by atoms with Crippen LogP contribution in [0.15, 0.2) is 18.2 Å². The fourth-order valence-electron chi connectivity index (χ4n) is 2.19. The van der Waals surface area contributed by atoms with Crippen molar-refractivity contribution in [2.75, 3.05) is 25.9 Å². The number of unbranched alkanes of at least 4 members (excludes halogenated alkanes) is 1. The molecular formula is C17H30N2O. The Kier molecular flexibility index (Phi) is 7.45. The van der Waals surface area contributed by atoms with Gasteiger partial charge in [-0.25, -0.2) is 0 Å². The fraction of sp³-hybridized carbons (Fsp3) is 0.647. The van der Waals surface area contributed by atoms with E-state index in [9.17, 15) is 0 Å². The topological polar surface area (TPSA) is 38.5 Å². The van der Waals surface area contributed by atoms with Gasteiger partial charge >= 0.3 is 0 Å². The summed E-state index contributed by atoms with van der Waals surface area (Å²) in [5, 5.41) is 0. The third-order valence-corrected chi connectivity index (χ3v) is 3.68. The van der Waals surface area contributed by atoms with Crippen molar-refractivity contribution in [3.63, 3.8) is 0 Å². The van der Waals surface area contributed by atoms with Gasteiger partial charge < -0.3 is 15.4 Å². The van der Waals surface area contributed by atoms with Gasteiger partial charge in [0.05, 0.1) is 12.3 Å². The minimum Gasteiger partial charge on any atom is -0.491 e. The quantitative estimate of drug-likeness (QED) is 0.700. The van der Waals surface area contributed by atoms with E-state index in [1.807, 2.05) is 6.07 Å². The first kappa shape index (κ1) is 16.8. The van der Waals surface area contributed by atoms with Crippen LogP contribution in [0, 0.1) is 0 Å². The monoisotopic (exact) mass is 278 g/mol. The molecule has 0 aliphatic rings. The predicted molar refractivity (Wildman–Crippen MR) is 87.3 cm³/mol. The SMILES string of the molecule is CCCCN(C)C(C)Cc1ccc(OCCC)c(N)c1. The zero-order chi connectivity index (χ0) is 15.0. The molecule has 0 radical (unpaired) electrons. The van der Waals surface area contributed by atoms with Crippen LogP contribution in [0.2, 0.25) is 0 Å². The van der Waals surface area contributed by atoms with Gasteiger partial charge in [0.25, 0.3) is 0 Å². The number of nitrogens with two attached hydrogens (primary N) is 1. The summed E-state index contributed by atoms with van der Waals surface area (Å²) in [5.74, 6) is 0.808. The molecule has 20 heavy (non-hydrogen) atoms. The standard InChI is InChI=1S/C17H30N2O/c1-5-7-10-19(4)14(3)12-15-8-9-17(16(18)13-15)20-11-6-2/h8-9,13-14H,5-7,10-12,18H2,1-4H3. The van der Waals surface area contributed by atoms with Gasteiger partial charge in [-0.05, 0) is 57.5 Å². The minimum absolute atomic E-state index is 0.531. The smallest absolute Gasteiger partial charge is 0.142 e. The molecule has 1 rings (SSSR count). The highest BCUT2D eigenvalue weighted by Crippen LogP contribution is 2.23. The van der Waals surface area contributed by atoms with Crippen LogP contribution in [0.1, 0.15) is 45.6 Å². The zero-order valence-corrected chi connectivity index (χ0v) is 13.5. The lowest BCUT2D eigenvalue weighted by Gasteiger charge is -2.24. The van der Waals surface area contributed by atoms with Gasteiger partial charge in [-0.15, -0.1) is 0 Å². The predicted octanol–water partition coefficient (Wildman–Crippen LogP) is 3.72. The number of ether oxygens (including phenoxy) is 1. The molecule has 1 aromatic rings. The molecule has 114 valence electrons. The molecule has 2 N–H and O–H groups in total. The van der Waals surface area contributed by atoms with Crippen molar-refractivity contribution in [2.45, 2.75) is 52.5 Å². The second-order valence-corrected chi connectivity index (χ2v) is 5.61. The number of anilines is 1. The zero-order valence-electron chi connectivity index (χ0n) is 13.5. The highest BCUT2D eigenvalue weighted by molar-refractivity contribution is 5.54. The van der Waals surface area contributed by atoms with Crippen molar-refractivity contribution in [1.29, 1.82) is 0 Å². The number of hydrogen-bond donors (Lipinski definition) is 1. The Morgan fingerprint density at radius 2 is 2.00 bits per heavy atom. The van der Waals surface area contributed by atoms with Crippen LogP contribution >= 0.6 is 0 Å². The maximum atomic E-state index is 6.06. The highest BCUT2D eigenvalue weighted by atomic mass is 16.5. The molecule has 3 heteroatoms. The molecular weight excluding hydrogens is 248 g/mol. The van der Waals surface area contributed by atoms with E-state index in [-0.39, 0.29) is 0 Å². The van der Waals surface area contributed by atoms with Crippen LogP contribution in [0.3, 0.4) is 0 Å². The van der Waals surface area contributed by atoms with Crippen LogP contribution in [-0.4, -0.2) is 31.1 Å². The van der Waals surface area contributed by atoms with Crippen LogP contribution in [0.4, 0.5) is 5.69 Å². The Morgan fingerprint density at radius 3 is 2.60 bits per heavy atom. The van der Waals surface area contributed by atoms with E-state index in [1.165, 1.54) is 18.4 Å². The van der Waals surface area contributed by atoms with Gasteiger partial charge in [-0.1, -0.05) is 26.3 Å². The lowest BCUT2D eigenvalue weighted by molar-refractivity contribution is 0.252. The molecule has 0 aromatic heterocycles. The van der Waals surface area contributed by atoms with Gasteiger partial charge in [-0.3, -0.25) is 0 Å². The molecule has 0 saturated carbocycles. The number of hydrogen-bond acceptors (Lipinski definition) is 3. The molecule has 0 heterocycles. The Bertz CT molecular complexity index is 393.